The van der Waals surface area contributed by atoms with Crippen LogP contribution in [-0.2, 0) is 10.0 Å². The molecule has 1 saturated heterocycles. The number of hydrogen-bond acceptors (Lipinski definition) is 4. The average molecular weight is 417 g/mol. The van der Waals surface area contributed by atoms with Crippen LogP contribution in [0.3, 0.4) is 0 Å². The Morgan fingerprint density at radius 3 is 2.21 bits per heavy atom. The molecule has 0 saturated carbocycles. The van der Waals surface area contributed by atoms with E-state index in [1.54, 1.807) is 16.4 Å². The van der Waals surface area contributed by atoms with Crippen molar-refractivity contribution in [3.63, 3.8) is 0 Å². The number of carbonyl (C=O) groups is 1. The quantitative estimate of drug-likeness (QED) is 0.702. The predicted molar refractivity (Wildman–Crippen MR) is 113 cm³/mol. The summed E-state index contributed by atoms with van der Waals surface area (Å²) in [6, 6.07) is 13.9. The minimum Gasteiger partial charge on any atom is -0.492 e. The van der Waals surface area contributed by atoms with Crippen LogP contribution in [0.2, 0.25) is 0 Å². The van der Waals surface area contributed by atoms with Gasteiger partial charge < -0.3 is 10.1 Å². The van der Waals surface area contributed by atoms with Crippen LogP contribution in [0.4, 0.5) is 0 Å². The zero-order valence-corrected chi connectivity index (χ0v) is 17.6. The second-order valence-electron chi connectivity index (χ2n) is 7.26. The molecule has 2 aromatic carbocycles. The first kappa shape index (κ1) is 21.3. The number of ether oxygens (including phenoxy) is 1. The molecule has 29 heavy (non-hydrogen) atoms. The first-order valence-corrected chi connectivity index (χ1v) is 11.5. The Hall–Kier alpha value is -2.38. The summed E-state index contributed by atoms with van der Waals surface area (Å²) in [7, 11) is -3.50. The molecule has 6 nitrogen and oxygen atoms in total. The van der Waals surface area contributed by atoms with Crippen LogP contribution in [-0.4, -0.2) is 44.9 Å². The lowest BCUT2D eigenvalue weighted by Gasteiger charge is -2.20. The number of aryl methyl sites for hydroxylation is 1. The number of sulfonamides is 1. The van der Waals surface area contributed by atoms with Crippen molar-refractivity contribution in [2.45, 2.75) is 37.5 Å². The van der Waals surface area contributed by atoms with Gasteiger partial charge in [0.15, 0.2) is 0 Å². The summed E-state index contributed by atoms with van der Waals surface area (Å²) in [5.41, 5.74) is 1.59. The molecule has 1 aliphatic heterocycles. The van der Waals surface area contributed by atoms with E-state index in [2.05, 4.69) is 5.32 Å². The van der Waals surface area contributed by atoms with Gasteiger partial charge >= 0.3 is 0 Å². The van der Waals surface area contributed by atoms with Gasteiger partial charge in [0.2, 0.25) is 10.0 Å². The zero-order valence-electron chi connectivity index (χ0n) is 16.8. The highest BCUT2D eigenvalue weighted by Gasteiger charge is 2.25. The van der Waals surface area contributed by atoms with E-state index in [1.165, 1.54) is 12.1 Å². The SMILES string of the molecule is Cc1ccc(OCCNC(=O)c2ccc(S(=O)(=O)N3CCCCCC3)cc2)cc1. The fourth-order valence-corrected chi connectivity index (χ4v) is 4.80. The lowest BCUT2D eigenvalue weighted by atomic mass is 10.2. The molecule has 1 aliphatic rings. The van der Waals surface area contributed by atoms with Crippen LogP contribution in [0.25, 0.3) is 0 Å². The molecule has 7 heteroatoms. The summed E-state index contributed by atoms with van der Waals surface area (Å²) in [5.74, 6) is 0.504. The highest BCUT2D eigenvalue weighted by atomic mass is 32.2. The fourth-order valence-electron chi connectivity index (χ4n) is 3.28. The smallest absolute Gasteiger partial charge is 0.251 e. The molecule has 0 aliphatic carbocycles. The second-order valence-corrected chi connectivity index (χ2v) is 9.20. The third-order valence-electron chi connectivity index (χ3n) is 5.00. The van der Waals surface area contributed by atoms with E-state index in [0.717, 1.165) is 37.0 Å². The van der Waals surface area contributed by atoms with Crippen LogP contribution in [0, 0.1) is 6.92 Å². The molecule has 3 rings (SSSR count). The first-order valence-electron chi connectivity index (χ1n) is 10.0. The molecule has 0 aromatic heterocycles. The molecule has 0 bridgehead atoms. The summed E-state index contributed by atoms with van der Waals surface area (Å²) < 4.78 is 32.7. The van der Waals surface area contributed by atoms with Gasteiger partial charge in [0.25, 0.3) is 5.91 Å². The van der Waals surface area contributed by atoms with Crippen LogP contribution < -0.4 is 10.1 Å². The van der Waals surface area contributed by atoms with Crippen molar-refractivity contribution in [2.24, 2.45) is 0 Å². The van der Waals surface area contributed by atoms with Crippen LogP contribution >= 0.6 is 0 Å². The topological polar surface area (TPSA) is 75.7 Å². The van der Waals surface area contributed by atoms with Crippen molar-refractivity contribution in [3.05, 3.63) is 59.7 Å². The Morgan fingerprint density at radius 1 is 0.966 bits per heavy atom. The maximum Gasteiger partial charge on any atom is 0.251 e. The van der Waals surface area contributed by atoms with Gasteiger partial charge in [-0.25, -0.2) is 8.42 Å². The standard InChI is InChI=1S/C22H28N2O4S/c1-18-6-10-20(11-7-18)28-17-14-23-22(25)19-8-12-21(13-9-19)29(26,27)24-15-4-2-3-5-16-24/h6-13H,2-5,14-17H2,1H3,(H,23,25). The average Bonchev–Trinajstić information content (AvgIpc) is 3.03. The van der Waals surface area contributed by atoms with E-state index in [-0.39, 0.29) is 10.8 Å². The summed E-state index contributed by atoms with van der Waals surface area (Å²) in [4.78, 5) is 12.5. The molecule has 0 radical (unpaired) electrons. The third-order valence-corrected chi connectivity index (χ3v) is 6.91. The molecule has 1 N–H and O–H groups in total. The fraction of sp³-hybridized carbons (Fsp3) is 0.409. The maximum atomic E-state index is 12.8. The van der Waals surface area contributed by atoms with Crippen molar-refractivity contribution in [1.29, 1.82) is 0 Å². The van der Waals surface area contributed by atoms with Gasteiger partial charge in [0.05, 0.1) is 11.4 Å². The van der Waals surface area contributed by atoms with Crippen molar-refractivity contribution >= 4 is 15.9 Å². The maximum absolute atomic E-state index is 12.8. The molecule has 0 atom stereocenters. The first-order chi connectivity index (χ1) is 14.0. The molecule has 1 fully saturated rings. The van der Waals surface area contributed by atoms with Crippen LogP contribution in [0.5, 0.6) is 5.75 Å². The van der Waals surface area contributed by atoms with Gasteiger partial charge in [-0.3, -0.25) is 4.79 Å². The van der Waals surface area contributed by atoms with Gasteiger partial charge in [-0.2, -0.15) is 4.31 Å². The minimum absolute atomic E-state index is 0.235. The van der Waals surface area contributed by atoms with E-state index in [9.17, 15) is 13.2 Å². The molecule has 2 aromatic rings. The highest BCUT2D eigenvalue weighted by molar-refractivity contribution is 7.89. The minimum atomic E-state index is -3.50. The lowest BCUT2D eigenvalue weighted by Crippen LogP contribution is -2.32. The van der Waals surface area contributed by atoms with Gasteiger partial charge in [0.1, 0.15) is 12.4 Å². The normalized spacial score (nSPS) is 15.5. The summed E-state index contributed by atoms with van der Waals surface area (Å²) in [6.45, 7) is 3.85. The number of carbonyl (C=O) groups excluding carboxylic acids is 1. The molecular weight excluding hydrogens is 388 g/mol. The molecule has 0 unspecified atom stereocenters. The molecule has 1 amide bonds. The second kappa shape index (κ2) is 9.89. The van der Waals surface area contributed by atoms with E-state index >= 15 is 0 Å². The van der Waals surface area contributed by atoms with Crippen molar-refractivity contribution in [2.75, 3.05) is 26.2 Å². The Labute approximate surface area is 172 Å². The molecular formula is C22H28N2O4S. The van der Waals surface area contributed by atoms with E-state index < -0.39 is 10.0 Å². The van der Waals surface area contributed by atoms with Crippen LogP contribution in [0.1, 0.15) is 41.6 Å². The Balaban J connectivity index is 1.52. The number of benzene rings is 2. The van der Waals surface area contributed by atoms with Gasteiger partial charge in [0, 0.05) is 18.7 Å². The summed E-state index contributed by atoms with van der Waals surface area (Å²) >= 11 is 0. The number of amides is 1. The number of nitrogens with zero attached hydrogens (tertiary/aromatic N) is 1. The molecule has 156 valence electrons. The summed E-state index contributed by atoms with van der Waals surface area (Å²) in [6.07, 6.45) is 3.92. The Bertz CT molecular complexity index is 901. The number of hydrogen-bond donors (Lipinski definition) is 1. The lowest BCUT2D eigenvalue weighted by molar-refractivity contribution is 0.0947. The third kappa shape index (κ3) is 5.81. The monoisotopic (exact) mass is 416 g/mol. The van der Waals surface area contributed by atoms with E-state index in [4.69, 9.17) is 4.74 Å². The zero-order chi connectivity index (χ0) is 20.7. The largest absolute Gasteiger partial charge is 0.492 e. The predicted octanol–water partition coefficient (Wildman–Crippen LogP) is 3.37. The Morgan fingerprint density at radius 2 is 1.59 bits per heavy atom. The van der Waals surface area contributed by atoms with Crippen LogP contribution in [0.15, 0.2) is 53.4 Å². The Kier molecular flexibility index (Phi) is 7.28. The molecule has 0 spiro atoms. The number of rotatable bonds is 7. The van der Waals surface area contributed by atoms with Gasteiger partial charge in [-0.15, -0.1) is 0 Å². The summed E-state index contributed by atoms with van der Waals surface area (Å²) in [5, 5.41) is 2.79. The van der Waals surface area contributed by atoms with E-state index in [0.29, 0.717) is 31.8 Å². The van der Waals surface area contributed by atoms with Crippen molar-refractivity contribution in [3.8, 4) is 5.75 Å². The van der Waals surface area contributed by atoms with Crippen molar-refractivity contribution in [1.82, 2.24) is 9.62 Å². The van der Waals surface area contributed by atoms with E-state index in [1.807, 2.05) is 31.2 Å². The van der Waals surface area contributed by atoms with Gasteiger partial charge in [-0.1, -0.05) is 30.5 Å². The number of nitrogens with one attached hydrogen (secondary N) is 1. The highest BCUT2D eigenvalue weighted by Crippen LogP contribution is 2.20. The van der Waals surface area contributed by atoms with Crippen molar-refractivity contribution < 1.29 is 17.9 Å². The molecule has 1 heterocycles. The van der Waals surface area contributed by atoms with Gasteiger partial charge in [-0.05, 0) is 56.2 Å².